The zero-order chi connectivity index (χ0) is 16.7. The number of halogens is 1. The first-order valence-corrected chi connectivity index (χ1v) is 7.60. The van der Waals surface area contributed by atoms with Gasteiger partial charge in [-0.2, -0.15) is 0 Å². The van der Waals surface area contributed by atoms with Crippen LogP contribution in [0.4, 0.5) is 11.4 Å². The first kappa shape index (κ1) is 14.5. The predicted octanol–water partition coefficient (Wildman–Crippen LogP) is 1.83. The number of hydrogen-bond donors (Lipinski definition) is 4. The number of rotatable bonds is 1. The van der Waals surface area contributed by atoms with Gasteiger partial charge in [0.25, 0.3) is 11.6 Å². The molecule has 0 aromatic heterocycles. The molecule has 0 radical (unpaired) electrons. The summed E-state index contributed by atoms with van der Waals surface area (Å²) < 4.78 is 0. The van der Waals surface area contributed by atoms with Crippen LogP contribution in [0.2, 0.25) is 5.02 Å². The molecular weight excluding hydrogens is 328 g/mol. The number of hydrogen-bond acceptors (Lipinski definition) is 6. The van der Waals surface area contributed by atoms with Gasteiger partial charge in [-0.05, 0) is 30.3 Å². The van der Waals surface area contributed by atoms with Gasteiger partial charge in [0.15, 0.2) is 5.96 Å². The Morgan fingerprint density at radius 1 is 1.04 bits per heavy atom. The highest BCUT2D eigenvalue weighted by atomic mass is 35.5. The van der Waals surface area contributed by atoms with Crippen LogP contribution < -0.4 is 21.7 Å². The molecule has 0 saturated carbocycles. The molecule has 0 saturated heterocycles. The van der Waals surface area contributed by atoms with Gasteiger partial charge in [-0.25, -0.2) is 9.98 Å². The molecule has 2 heterocycles. The molecule has 8 heteroatoms. The lowest BCUT2D eigenvalue weighted by molar-refractivity contribution is -0.120. The fourth-order valence-electron chi connectivity index (χ4n) is 2.72. The predicted molar refractivity (Wildman–Crippen MR) is 94.0 cm³/mol. The summed E-state index contributed by atoms with van der Waals surface area (Å²) in [6, 6.07) is 14.4. The Balaban J connectivity index is 1.76. The number of para-hydroxylation sites is 1. The molecule has 2 aromatic carbocycles. The fraction of sp³-hybridized carbons (Fsp3) is 0.0625. The first-order valence-electron chi connectivity index (χ1n) is 7.22. The second kappa shape index (κ2) is 5.24. The van der Waals surface area contributed by atoms with Gasteiger partial charge in [-0.3, -0.25) is 10.1 Å². The molecule has 1 amide bonds. The average molecular weight is 341 g/mol. The molecule has 0 unspecified atom stereocenters. The highest BCUT2D eigenvalue weighted by Crippen LogP contribution is 2.40. The van der Waals surface area contributed by atoms with Gasteiger partial charge in [-0.15, -0.1) is 0 Å². The van der Waals surface area contributed by atoms with Crippen molar-refractivity contribution in [2.45, 2.75) is 5.66 Å². The van der Waals surface area contributed by atoms with E-state index < -0.39 is 5.66 Å². The molecule has 1 atom stereocenters. The number of nitrogens with two attached hydrogens (primary N) is 1. The third-order valence-corrected chi connectivity index (χ3v) is 4.03. The highest BCUT2D eigenvalue weighted by Gasteiger charge is 2.49. The van der Waals surface area contributed by atoms with Gasteiger partial charge in [0.2, 0.25) is 5.96 Å². The van der Waals surface area contributed by atoms with E-state index in [9.17, 15) is 4.79 Å². The Morgan fingerprint density at radius 3 is 2.58 bits per heavy atom. The van der Waals surface area contributed by atoms with Crippen LogP contribution >= 0.6 is 11.6 Å². The van der Waals surface area contributed by atoms with Crippen molar-refractivity contribution in [3.63, 3.8) is 0 Å². The van der Waals surface area contributed by atoms with Crippen LogP contribution in [-0.4, -0.2) is 17.8 Å². The second-order valence-corrected chi connectivity index (χ2v) is 5.82. The number of nitrogens with zero attached hydrogens (tertiary/aromatic N) is 2. The van der Waals surface area contributed by atoms with Crippen LogP contribution in [0.25, 0.3) is 0 Å². The highest BCUT2D eigenvalue weighted by molar-refractivity contribution is 6.30. The number of carbonyl (C=O) groups is 1. The fourth-order valence-corrected chi connectivity index (χ4v) is 2.84. The third-order valence-electron chi connectivity index (χ3n) is 3.78. The lowest BCUT2D eigenvalue weighted by Gasteiger charge is -2.26. The van der Waals surface area contributed by atoms with Crippen molar-refractivity contribution >= 4 is 40.8 Å². The summed E-state index contributed by atoms with van der Waals surface area (Å²) in [5, 5.41) is 9.33. The number of benzene rings is 2. The Labute approximate surface area is 142 Å². The molecule has 4 rings (SSSR count). The maximum Gasteiger partial charge on any atom is 0.280 e. The monoisotopic (exact) mass is 340 g/mol. The molecular formula is C16H13ClN6O. The molecule has 5 N–H and O–H groups in total. The molecule has 24 heavy (non-hydrogen) atoms. The number of anilines is 2. The van der Waals surface area contributed by atoms with Crippen molar-refractivity contribution in [2.75, 3.05) is 10.6 Å². The van der Waals surface area contributed by atoms with Gasteiger partial charge in [0, 0.05) is 22.0 Å². The topological polar surface area (TPSA) is 104 Å². The van der Waals surface area contributed by atoms with Gasteiger partial charge in [0.1, 0.15) is 0 Å². The van der Waals surface area contributed by atoms with E-state index >= 15 is 0 Å². The standard InChI is InChI=1S/C16H13ClN6O/c17-9-5-7-10(8-6-9)19-15-21-14(18)22-16(23-15)11-3-1-2-4-12(11)20-13(16)24/h1-8H,(H,20,24)(H4,18,19,21,22,23)/t16-/m0/s1. The number of amides is 1. The maximum atomic E-state index is 12.5. The first-order chi connectivity index (χ1) is 11.6. The molecule has 0 bridgehead atoms. The van der Waals surface area contributed by atoms with E-state index in [1.165, 1.54) is 0 Å². The molecule has 7 nitrogen and oxygen atoms in total. The zero-order valence-corrected chi connectivity index (χ0v) is 13.1. The number of aliphatic imine (C=N–C) groups is 2. The van der Waals surface area contributed by atoms with Gasteiger partial charge >= 0.3 is 0 Å². The van der Waals surface area contributed by atoms with E-state index in [0.29, 0.717) is 22.2 Å². The number of nitrogens with one attached hydrogen (secondary N) is 3. The molecule has 1 spiro atoms. The van der Waals surface area contributed by atoms with Crippen molar-refractivity contribution in [3.8, 4) is 0 Å². The van der Waals surface area contributed by atoms with Crippen molar-refractivity contribution in [2.24, 2.45) is 15.7 Å². The minimum Gasteiger partial charge on any atom is -0.370 e. The Kier molecular flexibility index (Phi) is 3.17. The van der Waals surface area contributed by atoms with Gasteiger partial charge in [-0.1, -0.05) is 29.8 Å². The molecule has 0 fully saturated rings. The van der Waals surface area contributed by atoms with Crippen LogP contribution in [0.1, 0.15) is 5.56 Å². The summed E-state index contributed by atoms with van der Waals surface area (Å²) in [4.78, 5) is 21.3. The van der Waals surface area contributed by atoms with E-state index in [4.69, 9.17) is 17.3 Å². The SMILES string of the molecule is NC1=N[C@@]2(N=C(Nc3ccc(Cl)cc3)N1)C(=O)Nc1ccccc12. The molecule has 120 valence electrons. The lowest BCUT2D eigenvalue weighted by atomic mass is 10.0. The summed E-state index contributed by atoms with van der Waals surface area (Å²) in [6.45, 7) is 0. The van der Waals surface area contributed by atoms with E-state index in [1.807, 2.05) is 12.1 Å². The minimum atomic E-state index is -1.42. The number of carbonyl (C=O) groups excluding carboxylic acids is 1. The maximum absolute atomic E-state index is 12.5. The molecule has 2 aromatic rings. The lowest BCUT2D eigenvalue weighted by Crippen LogP contribution is -2.49. The second-order valence-electron chi connectivity index (χ2n) is 5.39. The molecule has 0 aliphatic carbocycles. The molecule has 2 aliphatic rings. The van der Waals surface area contributed by atoms with E-state index in [2.05, 4.69) is 25.9 Å². The largest absolute Gasteiger partial charge is 0.370 e. The summed E-state index contributed by atoms with van der Waals surface area (Å²) in [7, 11) is 0. The third kappa shape index (κ3) is 2.26. The Hall–Kier alpha value is -3.06. The zero-order valence-electron chi connectivity index (χ0n) is 12.4. The summed E-state index contributed by atoms with van der Waals surface area (Å²) >= 11 is 5.89. The van der Waals surface area contributed by atoms with Crippen LogP contribution in [0, 0.1) is 0 Å². The molecule has 2 aliphatic heterocycles. The van der Waals surface area contributed by atoms with E-state index in [0.717, 1.165) is 5.69 Å². The van der Waals surface area contributed by atoms with Crippen LogP contribution in [-0.2, 0) is 10.5 Å². The van der Waals surface area contributed by atoms with Crippen LogP contribution in [0.3, 0.4) is 0 Å². The smallest absolute Gasteiger partial charge is 0.280 e. The van der Waals surface area contributed by atoms with Crippen molar-refractivity contribution in [1.82, 2.24) is 5.32 Å². The Morgan fingerprint density at radius 2 is 1.79 bits per heavy atom. The summed E-state index contributed by atoms with van der Waals surface area (Å²) in [5.41, 5.74) is 6.57. The summed E-state index contributed by atoms with van der Waals surface area (Å²) in [5.74, 6) is 0.0912. The minimum absolute atomic E-state index is 0.105. The van der Waals surface area contributed by atoms with Crippen molar-refractivity contribution in [3.05, 3.63) is 59.1 Å². The quantitative estimate of drug-likeness (QED) is 0.635. The van der Waals surface area contributed by atoms with Gasteiger partial charge in [0.05, 0.1) is 0 Å². The normalized spacial score (nSPS) is 21.5. The van der Waals surface area contributed by atoms with Gasteiger partial charge < -0.3 is 16.4 Å². The summed E-state index contributed by atoms with van der Waals surface area (Å²) in [6.07, 6.45) is 0. The Bertz CT molecular complexity index is 892. The van der Waals surface area contributed by atoms with E-state index in [-0.39, 0.29) is 11.9 Å². The average Bonchev–Trinajstić information content (AvgIpc) is 2.81. The van der Waals surface area contributed by atoms with Crippen molar-refractivity contribution in [1.29, 1.82) is 0 Å². The van der Waals surface area contributed by atoms with Crippen LogP contribution in [0.5, 0.6) is 0 Å². The number of fused-ring (bicyclic) bond motifs is 2. The number of guanidine groups is 2. The van der Waals surface area contributed by atoms with E-state index in [1.54, 1.807) is 36.4 Å². The van der Waals surface area contributed by atoms with Crippen LogP contribution in [0.15, 0.2) is 58.5 Å². The van der Waals surface area contributed by atoms with Crippen molar-refractivity contribution < 1.29 is 4.79 Å².